The van der Waals surface area contributed by atoms with Gasteiger partial charge in [0, 0.05) is 5.56 Å². The minimum Gasteiger partial charge on any atom is -0.345 e. The van der Waals surface area contributed by atoms with E-state index in [4.69, 9.17) is 46.4 Å². The number of halogens is 7. The first kappa shape index (κ1) is 20.8. The Kier molecular flexibility index (Phi) is 5.55. The van der Waals surface area contributed by atoms with Crippen LogP contribution in [0.2, 0.25) is 20.1 Å². The SMILES string of the molecule is O=[N+]([O-])c1c(C(F)(F)F)[nH]c(-c2ccc(Cl)c(Cl)c2)c1-c1ccc(Cl)c(Cl)c1. The van der Waals surface area contributed by atoms with Crippen molar-refractivity contribution in [3.63, 3.8) is 0 Å². The predicted molar refractivity (Wildman–Crippen MR) is 103 cm³/mol. The number of alkyl halides is 3. The molecular formula is C17H7Cl4F3N2O2. The van der Waals surface area contributed by atoms with Crippen LogP contribution in [0.4, 0.5) is 18.9 Å². The van der Waals surface area contributed by atoms with Crippen molar-refractivity contribution in [1.82, 2.24) is 4.98 Å². The van der Waals surface area contributed by atoms with Crippen molar-refractivity contribution in [3.05, 3.63) is 72.3 Å². The van der Waals surface area contributed by atoms with Crippen molar-refractivity contribution >= 4 is 52.1 Å². The number of hydrogen-bond donors (Lipinski definition) is 1. The summed E-state index contributed by atoms with van der Waals surface area (Å²) in [4.78, 5) is 12.6. The lowest BCUT2D eigenvalue weighted by Gasteiger charge is -2.07. The predicted octanol–water partition coefficient (Wildman–Crippen LogP) is 7.89. The van der Waals surface area contributed by atoms with E-state index in [2.05, 4.69) is 4.98 Å². The van der Waals surface area contributed by atoms with Crippen molar-refractivity contribution in [2.75, 3.05) is 0 Å². The van der Waals surface area contributed by atoms with Gasteiger partial charge < -0.3 is 4.98 Å². The smallest absolute Gasteiger partial charge is 0.345 e. The van der Waals surface area contributed by atoms with Crippen LogP contribution in [0.25, 0.3) is 22.4 Å². The van der Waals surface area contributed by atoms with E-state index in [1.54, 1.807) is 0 Å². The van der Waals surface area contributed by atoms with Gasteiger partial charge in [-0.3, -0.25) is 10.1 Å². The molecule has 0 atom stereocenters. The molecule has 0 aliphatic heterocycles. The number of aromatic amines is 1. The zero-order chi connectivity index (χ0) is 20.8. The highest BCUT2D eigenvalue weighted by Crippen LogP contribution is 2.48. The Bertz CT molecular complexity index is 1100. The second-order valence-corrected chi connectivity index (χ2v) is 7.24. The summed E-state index contributed by atoms with van der Waals surface area (Å²) < 4.78 is 40.5. The molecule has 2 aromatic carbocycles. The third kappa shape index (κ3) is 3.80. The molecule has 0 fully saturated rings. The normalized spacial score (nSPS) is 11.7. The summed E-state index contributed by atoms with van der Waals surface area (Å²) in [7, 11) is 0. The Morgan fingerprint density at radius 1 is 0.857 bits per heavy atom. The molecule has 3 aromatic rings. The Morgan fingerprint density at radius 2 is 1.36 bits per heavy atom. The van der Waals surface area contributed by atoms with Gasteiger partial charge in [-0.25, -0.2) is 0 Å². The number of nitrogens with zero attached hydrogens (tertiary/aromatic N) is 1. The third-order valence-corrected chi connectivity index (χ3v) is 5.33. The number of benzene rings is 2. The molecule has 1 N–H and O–H groups in total. The Labute approximate surface area is 175 Å². The summed E-state index contributed by atoms with van der Waals surface area (Å²) in [6, 6.07) is 8.00. The van der Waals surface area contributed by atoms with E-state index in [0.717, 1.165) is 0 Å². The van der Waals surface area contributed by atoms with Gasteiger partial charge in [-0.2, -0.15) is 13.2 Å². The molecule has 0 amide bonds. The van der Waals surface area contributed by atoms with Crippen LogP contribution in [0, 0.1) is 10.1 Å². The summed E-state index contributed by atoms with van der Waals surface area (Å²) in [6.45, 7) is 0. The van der Waals surface area contributed by atoms with Crippen molar-refractivity contribution < 1.29 is 18.1 Å². The molecule has 146 valence electrons. The zero-order valence-electron chi connectivity index (χ0n) is 13.4. The van der Waals surface area contributed by atoms with E-state index >= 15 is 0 Å². The Hall–Kier alpha value is -1.93. The average molecular weight is 470 g/mol. The van der Waals surface area contributed by atoms with E-state index in [-0.39, 0.29) is 42.5 Å². The van der Waals surface area contributed by atoms with Crippen LogP contribution >= 0.6 is 46.4 Å². The molecule has 1 heterocycles. The molecule has 0 saturated heterocycles. The third-order valence-electron chi connectivity index (χ3n) is 3.86. The minimum atomic E-state index is -5.00. The van der Waals surface area contributed by atoms with E-state index < -0.39 is 22.5 Å². The largest absolute Gasteiger partial charge is 0.438 e. The van der Waals surface area contributed by atoms with Crippen molar-refractivity contribution in [3.8, 4) is 22.4 Å². The highest BCUT2D eigenvalue weighted by atomic mass is 35.5. The van der Waals surface area contributed by atoms with Crippen LogP contribution in [0.5, 0.6) is 0 Å². The highest BCUT2D eigenvalue weighted by Gasteiger charge is 2.44. The number of aromatic nitrogens is 1. The monoisotopic (exact) mass is 468 g/mol. The molecular weight excluding hydrogens is 463 g/mol. The summed E-state index contributed by atoms with van der Waals surface area (Å²) in [5.74, 6) is 0. The standard InChI is InChI=1S/C17H7Cl4F3N2O2/c18-9-3-1-7(5-11(9)20)13-14(8-2-4-10(19)12(21)6-8)25-16(17(22,23)24)15(13)26(27)28/h1-6,25H. The maximum Gasteiger partial charge on any atom is 0.438 e. The van der Waals surface area contributed by atoms with Crippen molar-refractivity contribution in [2.45, 2.75) is 6.18 Å². The molecule has 28 heavy (non-hydrogen) atoms. The van der Waals surface area contributed by atoms with Crippen LogP contribution in [0.3, 0.4) is 0 Å². The van der Waals surface area contributed by atoms with Gasteiger partial charge in [-0.05, 0) is 29.8 Å². The van der Waals surface area contributed by atoms with Gasteiger partial charge in [0.05, 0.1) is 36.3 Å². The van der Waals surface area contributed by atoms with Crippen LogP contribution in [0.15, 0.2) is 36.4 Å². The van der Waals surface area contributed by atoms with Gasteiger partial charge in [0.2, 0.25) is 0 Å². The van der Waals surface area contributed by atoms with Gasteiger partial charge in [-0.15, -0.1) is 0 Å². The molecule has 11 heteroatoms. The molecule has 0 radical (unpaired) electrons. The molecule has 3 rings (SSSR count). The molecule has 1 aromatic heterocycles. The average Bonchev–Trinajstić information content (AvgIpc) is 3.01. The lowest BCUT2D eigenvalue weighted by atomic mass is 10.00. The number of rotatable bonds is 3. The number of hydrogen-bond acceptors (Lipinski definition) is 2. The van der Waals surface area contributed by atoms with Gasteiger partial charge in [0.15, 0.2) is 5.69 Å². The first-order valence-electron chi connectivity index (χ1n) is 7.39. The number of nitrogens with one attached hydrogen (secondary N) is 1. The van der Waals surface area contributed by atoms with E-state index in [0.29, 0.717) is 0 Å². The number of nitro groups is 1. The molecule has 0 unspecified atom stereocenters. The summed E-state index contributed by atoms with van der Waals surface area (Å²) >= 11 is 23.6. The van der Waals surface area contributed by atoms with Crippen LogP contribution in [-0.4, -0.2) is 9.91 Å². The molecule has 0 spiro atoms. The van der Waals surface area contributed by atoms with Gasteiger partial charge >= 0.3 is 11.9 Å². The summed E-state index contributed by atoms with van der Waals surface area (Å²) in [6.07, 6.45) is -5.00. The fraction of sp³-hybridized carbons (Fsp3) is 0.0588. The topological polar surface area (TPSA) is 58.9 Å². The van der Waals surface area contributed by atoms with Gasteiger partial charge in [0.25, 0.3) is 0 Å². The van der Waals surface area contributed by atoms with Crippen molar-refractivity contribution in [1.29, 1.82) is 0 Å². The lowest BCUT2D eigenvalue weighted by Crippen LogP contribution is -2.08. The maximum atomic E-state index is 13.5. The van der Waals surface area contributed by atoms with Gasteiger partial charge in [-0.1, -0.05) is 58.5 Å². The quantitative estimate of drug-likeness (QED) is 0.313. The fourth-order valence-corrected chi connectivity index (χ4v) is 3.27. The first-order valence-corrected chi connectivity index (χ1v) is 8.90. The van der Waals surface area contributed by atoms with Gasteiger partial charge in [0.1, 0.15) is 0 Å². The van der Waals surface area contributed by atoms with Crippen LogP contribution < -0.4 is 0 Å². The minimum absolute atomic E-state index is 0.0308. The fourth-order valence-electron chi connectivity index (χ4n) is 2.68. The lowest BCUT2D eigenvalue weighted by molar-refractivity contribution is -0.387. The van der Waals surface area contributed by atoms with E-state index in [1.165, 1.54) is 36.4 Å². The van der Waals surface area contributed by atoms with E-state index in [1.807, 2.05) is 0 Å². The zero-order valence-corrected chi connectivity index (χ0v) is 16.4. The highest BCUT2D eigenvalue weighted by molar-refractivity contribution is 6.42. The first-order chi connectivity index (χ1) is 13.0. The number of H-pyrrole nitrogens is 1. The van der Waals surface area contributed by atoms with Crippen LogP contribution in [-0.2, 0) is 6.18 Å². The van der Waals surface area contributed by atoms with Crippen molar-refractivity contribution in [2.24, 2.45) is 0 Å². The molecule has 4 nitrogen and oxygen atoms in total. The Morgan fingerprint density at radius 3 is 1.82 bits per heavy atom. The van der Waals surface area contributed by atoms with E-state index in [9.17, 15) is 23.3 Å². The summed E-state index contributed by atoms with van der Waals surface area (Å²) in [5.41, 5.74) is -2.83. The molecule has 0 bridgehead atoms. The molecule has 0 aliphatic carbocycles. The Balaban J connectivity index is 2.42. The second kappa shape index (κ2) is 7.48. The summed E-state index contributed by atoms with van der Waals surface area (Å²) in [5, 5.41) is 12.0. The molecule has 0 saturated carbocycles. The second-order valence-electron chi connectivity index (χ2n) is 5.61. The maximum absolute atomic E-state index is 13.5. The molecule has 0 aliphatic rings. The van der Waals surface area contributed by atoms with Crippen LogP contribution in [0.1, 0.15) is 5.69 Å².